The molecular weight excluding hydrogens is 290 g/mol. The van der Waals surface area contributed by atoms with Crippen LogP contribution in [-0.4, -0.2) is 48.0 Å². The third kappa shape index (κ3) is 4.33. The zero-order valence-electron chi connectivity index (χ0n) is 12.5. The summed E-state index contributed by atoms with van der Waals surface area (Å²) in [7, 11) is 0. The van der Waals surface area contributed by atoms with E-state index in [0.29, 0.717) is 11.6 Å². The lowest BCUT2D eigenvalue weighted by Gasteiger charge is -2.16. The maximum atomic E-state index is 9.34. The molecular formula is C16H24ClNO3. The molecule has 5 heteroatoms. The van der Waals surface area contributed by atoms with Crippen LogP contribution in [0.15, 0.2) is 18.2 Å². The lowest BCUT2D eigenvalue weighted by molar-refractivity contribution is 0.152. The number of nitrogens with zero attached hydrogens (tertiary/aromatic N) is 1. The van der Waals surface area contributed by atoms with E-state index >= 15 is 0 Å². The molecule has 0 spiro atoms. The highest BCUT2D eigenvalue weighted by Crippen LogP contribution is 2.28. The lowest BCUT2D eigenvalue weighted by atomic mass is 9.98. The van der Waals surface area contributed by atoms with Crippen molar-refractivity contribution in [2.75, 3.05) is 32.9 Å². The number of likely N-dealkylation sites (tertiary alicyclic amines) is 1. The van der Waals surface area contributed by atoms with Crippen molar-refractivity contribution in [2.24, 2.45) is 11.8 Å². The van der Waals surface area contributed by atoms with Gasteiger partial charge >= 0.3 is 0 Å². The van der Waals surface area contributed by atoms with Gasteiger partial charge in [0, 0.05) is 44.7 Å². The molecule has 1 aliphatic rings. The number of benzene rings is 1. The maximum absolute atomic E-state index is 9.34. The molecule has 1 heterocycles. The summed E-state index contributed by atoms with van der Waals surface area (Å²) >= 11 is 6.24. The monoisotopic (exact) mass is 313 g/mol. The minimum Gasteiger partial charge on any atom is -0.492 e. The second-order valence-corrected chi connectivity index (χ2v) is 6.10. The third-order valence-corrected chi connectivity index (χ3v) is 4.28. The molecule has 0 saturated carbocycles. The third-order valence-electron chi connectivity index (χ3n) is 3.99. The van der Waals surface area contributed by atoms with Gasteiger partial charge in [0.1, 0.15) is 5.75 Å². The molecule has 1 fully saturated rings. The normalized spacial score (nSPS) is 22.7. The van der Waals surface area contributed by atoms with Gasteiger partial charge in [0.05, 0.1) is 11.6 Å². The summed E-state index contributed by atoms with van der Waals surface area (Å²) in [4.78, 5) is 2.25. The first-order chi connectivity index (χ1) is 10.2. The molecule has 1 aromatic carbocycles. The Kier molecular flexibility index (Phi) is 6.30. The Balaban J connectivity index is 1.96. The lowest BCUT2D eigenvalue weighted by Crippen LogP contribution is -2.21. The van der Waals surface area contributed by atoms with E-state index in [1.165, 1.54) is 0 Å². The SMILES string of the molecule is CCCOc1ccc(CN2C[C@@H](CO)[C@H](CO)C2)cc1Cl. The topological polar surface area (TPSA) is 52.9 Å². The van der Waals surface area contributed by atoms with Crippen molar-refractivity contribution in [3.05, 3.63) is 28.8 Å². The molecule has 0 aliphatic carbocycles. The van der Waals surface area contributed by atoms with E-state index in [2.05, 4.69) is 11.8 Å². The summed E-state index contributed by atoms with van der Waals surface area (Å²) in [5.41, 5.74) is 1.12. The van der Waals surface area contributed by atoms with Crippen molar-refractivity contribution in [1.82, 2.24) is 4.90 Å². The predicted molar refractivity (Wildman–Crippen MR) is 83.7 cm³/mol. The molecule has 118 valence electrons. The first-order valence-electron chi connectivity index (χ1n) is 7.53. The highest BCUT2D eigenvalue weighted by Gasteiger charge is 2.31. The number of ether oxygens (including phenoxy) is 1. The van der Waals surface area contributed by atoms with Gasteiger partial charge in [-0.25, -0.2) is 0 Å². The summed E-state index contributed by atoms with van der Waals surface area (Å²) < 4.78 is 5.57. The number of rotatable bonds is 7. The minimum atomic E-state index is 0.131. The molecule has 0 radical (unpaired) electrons. The second-order valence-electron chi connectivity index (χ2n) is 5.69. The van der Waals surface area contributed by atoms with Gasteiger partial charge in [0.25, 0.3) is 0 Å². The van der Waals surface area contributed by atoms with Crippen LogP contribution < -0.4 is 4.74 Å². The maximum Gasteiger partial charge on any atom is 0.137 e. The van der Waals surface area contributed by atoms with Crippen molar-refractivity contribution in [2.45, 2.75) is 19.9 Å². The number of aliphatic hydroxyl groups excluding tert-OH is 2. The van der Waals surface area contributed by atoms with Crippen LogP contribution in [0.5, 0.6) is 5.75 Å². The van der Waals surface area contributed by atoms with E-state index in [0.717, 1.165) is 37.4 Å². The molecule has 2 atom stereocenters. The Morgan fingerprint density at radius 2 is 1.90 bits per heavy atom. The Morgan fingerprint density at radius 1 is 1.24 bits per heavy atom. The molecule has 0 unspecified atom stereocenters. The number of hydrogen-bond donors (Lipinski definition) is 2. The largest absolute Gasteiger partial charge is 0.492 e. The second kappa shape index (κ2) is 7.99. The summed E-state index contributed by atoms with van der Waals surface area (Å²) in [6.07, 6.45) is 0.955. The van der Waals surface area contributed by atoms with Crippen LogP contribution in [0.3, 0.4) is 0 Å². The van der Waals surface area contributed by atoms with Gasteiger partial charge in [0.2, 0.25) is 0 Å². The van der Waals surface area contributed by atoms with Gasteiger partial charge in [0.15, 0.2) is 0 Å². The molecule has 21 heavy (non-hydrogen) atoms. The molecule has 0 bridgehead atoms. The molecule has 2 N–H and O–H groups in total. The van der Waals surface area contributed by atoms with E-state index in [-0.39, 0.29) is 25.0 Å². The fourth-order valence-corrected chi connectivity index (χ4v) is 3.07. The van der Waals surface area contributed by atoms with Crippen molar-refractivity contribution < 1.29 is 14.9 Å². The fourth-order valence-electron chi connectivity index (χ4n) is 2.81. The molecule has 2 rings (SSSR count). The highest BCUT2D eigenvalue weighted by molar-refractivity contribution is 6.32. The van der Waals surface area contributed by atoms with E-state index in [9.17, 15) is 10.2 Å². The van der Waals surface area contributed by atoms with Crippen LogP contribution in [0.2, 0.25) is 5.02 Å². The molecule has 0 amide bonds. The Morgan fingerprint density at radius 3 is 2.43 bits per heavy atom. The molecule has 1 aromatic rings. The summed E-state index contributed by atoms with van der Waals surface area (Å²) in [6.45, 7) is 5.40. The molecule has 1 aliphatic heterocycles. The summed E-state index contributed by atoms with van der Waals surface area (Å²) in [6, 6.07) is 5.88. The Hall–Kier alpha value is -0.810. The predicted octanol–water partition coefficient (Wildman–Crippen LogP) is 2.16. The zero-order valence-corrected chi connectivity index (χ0v) is 13.2. The van der Waals surface area contributed by atoms with Crippen molar-refractivity contribution in [3.63, 3.8) is 0 Å². The van der Waals surface area contributed by atoms with Crippen molar-refractivity contribution in [1.29, 1.82) is 0 Å². The molecule has 4 nitrogen and oxygen atoms in total. The van der Waals surface area contributed by atoms with Gasteiger partial charge < -0.3 is 14.9 Å². The van der Waals surface area contributed by atoms with Gasteiger partial charge in [-0.1, -0.05) is 24.6 Å². The smallest absolute Gasteiger partial charge is 0.137 e. The van der Waals surface area contributed by atoms with Crippen LogP contribution in [0.1, 0.15) is 18.9 Å². The van der Waals surface area contributed by atoms with E-state index < -0.39 is 0 Å². The molecule has 0 aromatic heterocycles. The van der Waals surface area contributed by atoms with Crippen LogP contribution in [0.25, 0.3) is 0 Å². The van der Waals surface area contributed by atoms with Crippen LogP contribution >= 0.6 is 11.6 Å². The Bertz CT molecular complexity index is 443. The standard InChI is InChI=1S/C16H24ClNO3/c1-2-5-21-16-4-3-12(6-15(16)17)7-18-8-13(10-19)14(9-18)11-20/h3-4,6,13-14,19-20H,2,5,7-11H2,1H3/t13-,14-/m0/s1. The van der Waals surface area contributed by atoms with Crippen LogP contribution in [0, 0.1) is 11.8 Å². The average molecular weight is 314 g/mol. The van der Waals surface area contributed by atoms with E-state index in [4.69, 9.17) is 16.3 Å². The first kappa shape index (κ1) is 16.6. The molecule has 1 saturated heterocycles. The van der Waals surface area contributed by atoms with Gasteiger partial charge in [-0.15, -0.1) is 0 Å². The number of halogens is 1. The van der Waals surface area contributed by atoms with E-state index in [1.807, 2.05) is 18.2 Å². The van der Waals surface area contributed by atoms with Gasteiger partial charge in [-0.3, -0.25) is 4.90 Å². The van der Waals surface area contributed by atoms with Crippen molar-refractivity contribution in [3.8, 4) is 5.75 Å². The highest BCUT2D eigenvalue weighted by atomic mass is 35.5. The summed E-state index contributed by atoms with van der Waals surface area (Å²) in [5, 5.41) is 19.3. The van der Waals surface area contributed by atoms with Crippen LogP contribution in [0.4, 0.5) is 0 Å². The number of aliphatic hydroxyl groups is 2. The zero-order chi connectivity index (χ0) is 15.2. The Labute approximate surface area is 131 Å². The fraction of sp³-hybridized carbons (Fsp3) is 0.625. The average Bonchev–Trinajstić information content (AvgIpc) is 2.88. The van der Waals surface area contributed by atoms with Gasteiger partial charge in [-0.2, -0.15) is 0 Å². The minimum absolute atomic E-state index is 0.131. The quantitative estimate of drug-likeness (QED) is 0.810. The van der Waals surface area contributed by atoms with Crippen molar-refractivity contribution >= 4 is 11.6 Å². The van der Waals surface area contributed by atoms with Gasteiger partial charge in [-0.05, 0) is 24.1 Å². The summed E-state index contributed by atoms with van der Waals surface area (Å²) in [5.74, 6) is 1.06. The first-order valence-corrected chi connectivity index (χ1v) is 7.91. The van der Waals surface area contributed by atoms with Crippen LogP contribution in [-0.2, 0) is 6.54 Å². The van der Waals surface area contributed by atoms with E-state index in [1.54, 1.807) is 0 Å². The number of hydrogen-bond acceptors (Lipinski definition) is 4.